The lowest BCUT2D eigenvalue weighted by Gasteiger charge is -2.27. The maximum atomic E-state index is 13.3. The fraction of sp³-hybridized carbons (Fsp3) is 0.357. The number of carbonyl (C=O) groups is 6. The van der Waals surface area contributed by atoms with E-state index in [1.807, 2.05) is 77.1 Å². The van der Waals surface area contributed by atoms with E-state index >= 15 is 0 Å². The lowest BCUT2D eigenvalue weighted by Crippen LogP contribution is -2.54. The molecule has 57 heavy (non-hydrogen) atoms. The van der Waals surface area contributed by atoms with Crippen LogP contribution in [0.3, 0.4) is 0 Å². The zero-order valence-corrected chi connectivity index (χ0v) is 33.4. The highest BCUT2D eigenvalue weighted by molar-refractivity contribution is 7.16. The van der Waals surface area contributed by atoms with Crippen LogP contribution in [0.5, 0.6) is 5.75 Å². The van der Waals surface area contributed by atoms with Crippen LogP contribution in [0.1, 0.15) is 89.6 Å². The first-order valence-electron chi connectivity index (χ1n) is 18.9. The van der Waals surface area contributed by atoms with Gasteiger partial charge in [-0.1, -0.05) is 24.3 Å². The van der Waals surface area contributed by atoms with Gasteiger partial charge in [-0.05, 0) is 108 Å². The number of rotatable bonds is 14. The summed E-state index contributed by atoms with van der Waals surface area (Å²) in [6.45, 7) is 10.3. The monoisotopic (exact) mass is 794 g/mol. The second-order valence-corrected chi connectivity index (χ2v) is 16.2. The predicted octanol–water partition coefficient (Wildman–Crippen LogP) is 7.02. The minimum atomic E-state index is -1.01. The lowest BCUT2D eigenvalue weighted by molar-refractivity contribution is -0.136. The Morgan fingerprint density at radius 1 is 0.930 bits per heavy atom. The molecule has 0 radical (unpaired) electrons. The number of anilines is 3. The van der Waals surface area contributed by atoms with E-state index in [9.17, 15) is 28.8 Å². The zero-order valence-electron chi connectivity index (χ0n) is 32.6. The number of imide groups is 2. The summed E-state index contributed by atoms with van der Waals surface area (Å²) in [6.07, 6.45) is 2.17. The number of unbranched alkanes of at least 4 members (excludes halogenated alkanes) is 2. The Balaban J connectivity index is 0.932. The molecule has 2 aliphatic heterocycles. The predicted molar refractivity (Wildman–Crippen MR) is 217 cm³/mol. The second-order valence-electron chi connectivity index (χ2n) is 15.0. The van der Waals surface area contributed by atoms with Gasteiger partial charge in [0.25, 0.3) is 11.8 Å². The standard InChI is InChI=1S/C42H46N6O8S/c1-24-21-27(15-16-30(24)44-41(54)56-42(3,4)5)36-25(2)57-40(47-36)46-34(50)23-26-11-9-12-28(22-26)55-20-8-6-7-19-43-31-14-10-13-29-35(31)39(53)48(38(29)52)32-17-18-33(49)45-37(32)51/h9-16,21-22,32,43H,6-8,17-20,23H2,1-5H3,(H,44,54)(H,45,49,51)(H,46,47,50). The molecule has 0 spiro atoms. The van der Waals surface area contributed by atoms with E-state index in [0.29, 0.717) is 35.4 Å². The van der Waals surface area contributed by atoms with Gasteiger partial charge in [-0.3, -0.25) is 39.5 Å². The Morgan fingerprint density at radius 2 is 1.72 bits per heavy atom. The summed E-state index contributed by atoms with van der Waals surface area (Å²) >= 11 is 1.39. The molecule has 2 aliphatic rings. The van der Waals surface area contributed by atoms with Gasteiger partial charge in [-0.25, -0.2) is 9.78 Å². The van der Waals surface area contributed by atoms with Crippen molar-refractivity contribution in [2.45, 2.75) is 84.8 Å². The third-order valence-corrected chi connectivity index (χ3v) is 10.2. The zero-order chi connectivity index (χ0) is 40.9. The van der Waals surface area contributed by atoms with Crippen molar-refractivity contribution in [1.82, 2.24) is 15.2 Å². The lowest BCUT2D eigenvalue weighted by atomic mass is 10.0. The topological polar surface area (TPSA) is 185 Å². The number of hydrogen-bond donors (Lipinski definition) is 4. The molecule has 0 saturated carbocycles. The molecule has 4 N–H and O–H groups in total. The third kappa shape index (κ3) is 10.0. The van der Waals surface area contributed by atoms with Crippen LogP contribution in [-0.4, -0.2) is 70.3 Å². The SMILES string of the molecule is Cc1cc(-c2nc(NC(=O)Cc3cccc(OCCCCCNc4cccc5c4C(=O)N(C4CCC(=O)NC4=O)C5=O)c3)sc2C)ccc1NC(=O)OC(C)(C)C. The van der Waals surface area contributed by atoms with Gasteiger partial charge in [-0.15, -0.1) is 11.3 Å². The molecule has 14 nitrogen and oxygen atoms in total. The molecule has 298 valence electrons. The van der Waals surface area contributed by atoms with Crippen molar-refractivity contribution in [2.24, 2.45) is 0 Å². The van der Waals surface area contributed by atoms with Crippen LogP contribution in [0.4, 0.5) is 21.3 Å². The Bertz CT molecular complexity index is 2230. The molecule has 1 saturated heterocycles. The fourth-order valence-corrected chi connectivity index (χ4v) is 7.51. The Hall–Kier alpha value is -6.09. The van der Waals surface area contributed by atoms with Crippen molar-refractivity contribution in [1.29, 1.82) is 0 Å². The number of aromatic nitrogens is 1. The fourth-order valence-electron chi connectivity index (χ4n) is 6.66. The number of ether oxygens (including phenoxy) is 2. The number of piperidine rings is 1. The van der Waals surface area contributed by atoms with Gasteiger partial charge in [0.2, 0.25) is 17.7 Å². The minimum absolute atomic E-state index is 0.0641. The summed E-state index contributed by atoms with van der Waals surface area (Å²) in [5.41, 5.74) is 4.31. The molecular formula is C42H46N6O8S. The summed E-state index contributed by atoms with van der Waals surface area (Å²) in [5, 5.41) is 11.7. The summed E-state index contributed by atoms with van der Waals surface area (Å²) in [4.78, 5) is 82.2. The van der Waals surface area contributed by atoms with Crippen LogP contribution in [0.15, 0.2) is 60.7 Å². The van der Waals surface area contributed by atoms with Gasteiger partial charge in [0.15, 0.2) is 5.13 Å². The number of thiazole rings is 1. The number of fused-ring (bicyclic) bond motifs is 1. The molecule has 1 atom stereocenters. The molecule has 3 heterocycles. The Labute approximate surface area is 334 Å². The normalized spacial score (nSPS) is 15.2. The van der Waals surface area contributed by atoms with Crippen molar-refractivity contribution in [2.75, 3.05) is 29.1 Å². The van der Waals surface area contributed by atoms with Crippen LogP contribution < -0.4 is 26.0 Å². The molecule has 4 aromatic rings. The number of benzene rings is 3. The molecular weight excluding hydrogens is 749 g/mol. The van der Waals surface area contributed by atoms with Gasteiger partial charge < -0.3 is 20.1 Å². The Kier molecular flexibility index (Phi) is 12.4. The van der Waals surface area contributed by atoms with Gasteiger partial charge in [0, 0.05) is 34.8 Å². The molecule has 0 bridgehead atoms. The summed E-state index contributed by atoms with van der Waals surface area (Å²) in [5.74, 6) is -1.68. The number of hydrogen-bond acceptors (Lipinski definition) is 11. The molecule has 1 aromatic heterocycles. The minimum Gasteiger partial charge on any atom is -0.494 e. The average molecular weight is 795 g/mol. The van der Waals surface area contributed by atoms with E-state index in [0.717, 1.165) is 51.4 Å². The molecule has 3 aromatic carbocycles. The second kappa shape index (κ2) is 17.4. The number of aryl methyl sites for hydroxylation is 2. The van der Waals surface area contributed by atoms with Gasteiger partial charge >= 0.3 is 6.09 Å². The molecule has 1 fully saturated rings. The number of carbonyl (C=O) groups excluding carboxylic acids is 6. The van der Waals surface area contributed by atoms with Crippen molar-refractivity contribution >= 4 is 63.5 Å². The van der Waals surface area contributed by atoms with Gasteiger partial charge in [0.05, 0.1) is 29.8 Å². The summed E-state index contributed by atoms with van der Waals surface area (Å²) in [7, 11) is 0. The van der Waals surface area contributed by atoms with Crippen LogP contribution >= 0.6 is 11.3 Å². The third-order valence-electron chi connectivity index (χ3n) is 9.31. The van der Waals surface area contributed by atoms with E-state index in [2.05, 4.69) is 26.3 Å². The first kappa shape index (κ1) is 40.6. The summed E-state index contributed by atoms with van der Waals surface area (Å²) < 4.78 is 11.3. The maximum absolute atomic E-state index is 13.3. The van der Waals surface area contributed by atoms with Crippen LogP contribution in [0.2, 0.25) is 0 Å². The number of amides is 6. The van der Waals surface area contributed by atoms with E-state index in [4.69, 9.17) is 9.47 Å². The molecule has 1 unspecified atom stereocenters. The highest BCUT2D eigenvalue weighted by atomic mass is 32.1. The maximum Gasteiger partial charge on any atom is 0.412 e. The molecule has 6 rings (SSSR count). The molecule has 0 aliphatic carbocycles. The van der Waals surface area contributed by atoms with E-state index in [-0.39, 0.29) is 36.3 Å². The van der Waals surface area contributed by atoms with Crippen molar-refractivity contribution in [3.05, 3.63) is 87.8 Å². The van der Waals surface area contributed by atoms with Crippen molar-refractivity contribution in [3.63, 3.8) is 0 Å². The number of nitrogens with one attached hydrogen (secondary N) is 4. The van der Waals surface area contributed by atoms with Gasteiger partial charge in [-0.2, -0.15) is 0 Å². The highest BCUT2D eigenvalue weighted by Gasteiger charge is 2.45. The first-order chi connectivity index (χ1) is 27.2. The molecule has 15 heteroatoms. The summed E-state index contributed by atoms with van der Waals surface area (Å²) in [6, 6.07) is 17.0. The number of nitrogens with zero attached hydrogens (tertiary/aromatic N) is 2. The van der Waals surface area contributed by atoms with Crippen LogP contribution in [-0.2, 0) is 25.5 Å². The van der Waals surface area contributed by atoms with Crippen molar-refractivity contribution in [3.8, 4) is 17.0 Å². The van der Waals surface area contributed by atoms with E-state index in [1.54, 1.807) is 18.2 Å². The largest absolute Gasteiger partial charge is 0.494 e. The highest BCUT2D eigenvalue weighted by Crippen LogP contribution is 2.34. The Morgan fingerprint density at radius 3 is 2.47 bits per heavy atom. The van der Waals surface area contributed by atoms with Gasteiger partial charge in [0.1, 0.15) is 17.4 Å². The first-order valence-corrected chi connectivity index (χ1v) is 19.7. The molecule has 6 amide bonds. The van der Waals surface area contributed by atoms with Crippen LogP contribution in [0, 0.1) is 13.8 Å². The average Bonchev–Trinajstić information content (AvgIpc) is 3.63. The smallest absolute Gasteiger partial charge is 0.412 e. The van der Waals surface area contributed by atoms with E-state index < -0.39 is 41.4 Å². The van der Waals surface area contributed by atoms with Crippen molar-refractivity contribution < 1.29 is 38.2 Å². The van der Waals surface area contributed by atoms with E-state index in [1.165, 1.54) is 11.3 Å². The quantitative estimate of drug-likeness (QED) is 0.0764. The van der Waals surface area contributed by atoms with Crippen LogP contribution in [0.25, 0.3) is 11.3 Å².